The number of rotatable bonds is 19. The van der Waals surface area contributed by atoms with Crippen molar-refractivity contribution in [3.63, 3.8) is 0 Å². The molecule has 226 valence electrons. The van der Waals surface area contributed by atoms with Gasteiger partial charge in [0.05, 0.1) is 19.3 Å². The van der Waals surface area contributed by atoms with Crippen LogP contribution in [0.3, 0.4) is 0 Å². The summed E-state index contributed by atoms with van der Waals surface area (Å²) >= 11 is 0. The first kappa shape index (κ1) is 33.8. The minimum absolute atomic E-state index is 0.440. The van der Waals surface area contributed by atoms with E-state index in [0.29, 0.717) is 18.6 Å². The van der Waals surface area contributed by atoms with Gasteiger partial charge < -0.3 is 14.1 Å². The van der Waals surface area contributed by atoms with Gasteiger partial charge in [0.25, 0.3) is 0 Å². The van der Waals surface area contributed by atoms with Crippen molar-refractivity contribution in [1.82, 2.24) is 9.99 Å². The zero-order valence-corrected chi connectivity index (χ0v) is 27.2. The lowest BCUT2D eigenvalue weighted by molar-refractivity contribution is 0.249. The zero-order valence-electron chi connectivity index (χ0n) is 26.3. The standard InChI is InChI=1S/C36H50N3O2P/c1-30(2)39(31(3)4)42(29-17-26-37-5)41-28-16-8-7-15-27-38-36(32-18-11-9-12-19-32,33-20-13-10-14-21-33)34-22-24-35(40-6)25-23-34/h9-14,18-25,30-31,38H,7-8,15-17,26-29H2,1-4,6H3. The van der Waals surface area contributed by atoms with E-state index in [9.17, 15) is 0 Å². The molecule has 0 saturated carbocycles. The van der Waals surface area contributed by atoms with Crippen molar-refractivity contribution < 1.29 is 9.26 Å². The monoisotopic (exact) mass is 587 g/mol. The Morgan fingerprint density at radius 1 is 0.762 bits per heavy atom. The molecule has 5 nitrogen and oxygen atoms in total. The minimum Gasteiger partial charge on any atom is -0.497 e. The Balaban J connectivity index is 1.63. The summed E-state index contributed by atoms with van der Waals surface area (Å²) in [5.74, 6) is 0.857. The molecule has 0 aromatic heterocycles. The summed E-state index contributed by atoms with van der Waals surface area (Å²) in [6.07, 6.45) is 6.32. The van der Waals surface area contributed by atoms with Crippen LogP contribution in [0.1, 0.15) is 76.5 Å². The highest BCUT2D eigenvalue weighted by Crippen LogP contribution is 2.45. The molecule has 0 heterocycles. The molecule has 6 heteroatoms. The van der Waals surface area contributed by atoms with Gasteiger partial charge in [-0.1, -0.05) is 85.6 Å². The number of ether oxygens (including phenoxy) is 1. The molecule has 1 unspecified atom stereocenters. The van der Waals surface area contributed by atoms with Crippen LogP contribution in [0.5, 0.6) is 5.75 Å². The predicted octanol–water partition coefficient (Wildman–Crippen LogP) is 8.89. The van der Waals surface area contributed by atoms with Gasteiger partial charge in [0, 0.05) is 24.7 Å². The largest absolute Gasteiger partial charge is 0.497 e. The molecular weight excluding hydrogens is 537 g/mol. The first-order valence-electron chi connectivity index (χ1n) is 15.5. The van der Waals surface area contributed by atoms with Gasteiger partial charge >= 0.3 is 0 Å². The summed E-state index contributed by atoms with van der Waals surface area (Å²) in [7, 11) is 1.04. The lowest BCUT2D eigenvalue weighted by Crippen LogP contribution is -2.45. The van der Waals surface area contributed by atoms with Crippen molar-refractivity contribution in [1.29, 1.82) is 0 Å². The fourth-order valence-corrected chi connectivity index (χ4v) is 7.97. The maximum absolute atomic E-state index is 7.14. The zero-order chi connectivity index (χ0) is 30.2. The topological polar surface area (TPSA) is 38.1 Å². The minimum atomic E-state index is -0.670. The first-order valence-corrected chi connectivity index (χ1v) is 16.9. The Kier molecular flexibility index (Phi) is 14.5. The van der Waals surface area contributed by atoms with Crippen LogP contribution in [-0.2, 0) is 10.1 Å². The van der Waals surface area contributed by atoms with Crippen molar-refractivity contribution in [3.8, 4) is 5.75 Å². The Hall–Kier alpha value is -2.74. The van der Waals surface area contributed by atoms with Crippen molar-refractivity contribution in [3.05, 3.63) is 113 Å². The van der Waals surface area contributed by atoms with Crippen LogP contribution >= 0.6 is 8.30 Å². The molecule has 0 fully saturated rings. The maximum Gasteiger partial charge on any atom is 0.215 e. The van der Waals surface area contributed by atoms with E-state index < -0.39 is 13.8 Å². The third-order valence-electron chi connectivity index (χ3n) is 7.57. The number of methoxy groups -OCH3 is 1. The molecule has 1 N–H and O–H groups in total. The molecule has 3 aromatic rings. The van der Waals surface area contributed by atoms with Gasteiger partial charge in [-0.3, -0.25) is 9.99 Å². The smallest absolute Gasteiger partial charge is 0.215 e. The lowest BCUT2D eigenvalue weighted by Gasteiger charge is -2.37. The number of hydrogen-bond acceptors (Lipinski definition) is 4. The maximum atomic E-state index is 7.14. The van der Waals surface area contributed by atoms with Crippen LogP contribution < -0.4 is 10.1 Å². The van der Waals surface area contributed by atoms with Crippen molar-refractivity contribution in [2.75, 3.05) is 33.0 Å². The van der Waals surface area contributed by atoms with E-state index in [0.717, 1.165) is 57.2 Å². The summed E-state index contributed by atoms with van der Waals surface area (Å²) in [6.45, 7) is 18.4. The second kappa shape index (κ2) is 18.0. The molecule has 0 aliphatic carbocycles. The van der Waals surface area contributed by atoms with Gasteiger partial charge in [-0.2, -0.15) is 0 Å². The Morgan fingerprint density at radius 3 is 1.83 bits per heavy atom. The summed E-state index contributed by atoms with van der Waals surface area (Å²) < 4.78 is 14.5. The van der Waals surface area contributed by atoms with Gasteiger partial charge in [0.1, 0.15) is 14.0 Å². The molecule has 0 aliphatic rings. The molecule has 0 aliphatic heterocycles. The first-order chi connectivity index (χ1) is 20.4. The quantitative estimate of drug-likeness (QED) is 0.0658. The SMILES string of the molecule is [C-]#[N+]CCCP(OCCCCCCNC(c1ccccc1)(c1ccccc1)c1ccc(OC)cc1)N(C(C)C)C(C)C. The van der Waals surface area contributed by atoms with Gasteiger partial charge in [0.2, 0.25) is 6.54 Å². The number of unbranched alkanes of at least 4 members (excludes halogenated alkanes) is 3. The third kappa shape index (κ3) is 9.38. The van der Waals surface area contributed by atoms with Crippen molar-refractivity contribution in [2.24, 2.45) is 0 Å². The number of nitrogens with zero attached hydrogens (tertiary/aromatic N) is 2. The fourth-order valence-electron chi connectivity index (χ4n) is 5.69. The number of benzene rings is 3. The summed E-state index contributed by atoms with van der Waals surface area (Å²) in [4.78, 5) is 3.55. The van der Waals surface area contributed by atoms with Gasteiger partial charge in [-0.25, -0.2) is 6.57 Å². The van der Waals surface area contributed by atoms with Crippen molar-refractivity contribution >= 4 is 8.30 Å². The molecule has 0 bridgehead atoms. The second-order valence-electron chi connectivity index (χ2n) is 11.3. The van der Waals surface area contributed by atoms with E-state index in [-0.39, 0.29) is 0 Å². The molecule has 0 spiro atoms. The highest BCUT2D eigenvalue weighted by molar-refractivity contribution is 7.50. The van der Waals surface area contributed by atoms with E-state index in [4.69, 9.17) is 15.8 Å². The van der Waals surface area contributed by atoms with E-state index in [2.05, 4.69) is 115 Å². The van der Waals surface area contributed by atoms with E-state index in [1.54, 1.807) is 7.11 Å². The normalized spacial score (nSPS) is 12.5. The molecule has 1 atom stereocenters. The molecule has 3 rings (SSSR count). The molecule has 0 saturated heterocycles. The highest BCUT2D eigenvalue weighted by atomic mass is 31.2. The van der Waals surface area contributed by atoms with Gasteiger partial charge in [0.15, 0.2) is 0 Å². The van der Waals surface area contributed by atoms with Gasteiger partial charge in [-0.15, -0.1) is 0 Å². The second-order valence-corrected chi connectivity index (χ2v) is 13.1. The Bertz CT molecular complexity index is 1130. The molecular formula is C36H50N3O2P. The highest BCUT2D eigenvalue weighted by Gasteiger charge is 2.35. The molecule has 42 heavy (non-hydrogen) atoms. The van der Waals surface area contributed by atoms with Crippen LogP contribution in [0.2, 0.25) is 0 Å². The predicted molar refractivity (Wildman–Crippen MR) is 178 cm³/mol. The van der Waals surface area contributed by atoms with E-state index in [1.807, 2.05) is 12.1 Å². The van der Waals surface area contributed by atoms with Crippen molar-refractivity contribution in [2.45, 2.75) is 77.4 Å². The van der Waals surface area contributed by atoms with Gasteiger partial charge in [-0.05, 0) is 75.9 Å². The average Bonchev–Trinajstić information content (AvgIpc) is 3.01. The van der Waals surface area contributed by atoms with E-state index in [1.165, 1.54) is 16.7 Å². The van der Waals surface area contributed by atoms with Crippen LogP contribution in [0.25, 0.3) is 4.85 Å². The fraction of sp³-hybridized carbons (Fsp3) is 0.472. The van der Waals surface area contributed by atoms with Crippen LogP contribution in [0.4, 0.5) is 0 Å². The molecule has 0 radical (unpaired) electrons. The molecule has 0 amide bonds. The third-order valence-corrected chi connectivity index (χ3v) is 10.2. The summed E-state index contributed by atoms with van der Waals surface area (Å²) in [6, 6.07) is 30.8. The Labute approximate surface area is 256 Å². The average molecular weight is 588 g/mol. The number of hydrogen-bond donors (Lipinski definition) is 1. The van der Waals surface area contributed by atoms with Crippen LogP contribution in [0.15, 0.2) is 84.9 Å². The summed E-state index contributed by atoms with van der Waals surface area (Å²) in [5, 5.41) is 4.00. The van der Waals surface area contributed by atoms with E-state index >= 15 is 0 Å². The number of nitrogens with one attached hydrogen (secondary N) is 1. The molecule has 3 aromatic carbocycles. The van der Waals surface area contributed by atoms with Crippen LogP contribution in [0, 0.1) is 6.57 Å². The Morgan fingerprint density at radius 2 is 1.31 bits per heavy atom. The summed E-state index contributed by atoms with van der Waals surface area (Å²) in [5.41, 5.74) is 3.18. The van der Waals surface area contributed by atoms with Crippen LogP contribution in [-0.4, -0.2) is 49.7 Å². The lowest BCUT2D eigenvalue weighted by atomic mass is 9.77.